The summed E-state index contributed by atoms with van der Waals surface area (Å²) in [5, 5.41) is 8.93. The van der Waals surface area contributed by atoms with Crippen molar-refractivity contribution in [3.05, 3.63) is 29.8 Å². The number of hydrogen-bond donors (Lipinski definition) is 0. The maximum absolute atomic E-state index is 12.0. The highest BCUT2D eigenvalue weighted by molar-refractivity contribution is 5.83. The number of benzene rings is 1. The van der Waals surface area contributed by atoms with Crippen LogP contribution in [0.5, 0.6) is 5.75 Å². The second-order valence-corrected chi connectivity index (χ2v) is 4.11. The van der Waals surface area contributed by atoms with E-state index < -0.39 is 5.97 Å². The molecule has 0 radical (unpaired) electrons. The van der Waals surface area contributed by atoms with E-state index in [0.29, 0.717) is 17.9 Å². The Kier molecular flexibility index (Phi) is 6.75. The molecular formula is C15H18N2O4. The third-order valence-electron chi connectivity index (χ3n) is 2.72. The fourth-order valence-electron chi connectivity index (χ4n) is 1.65. The maximum atomic E-state index is 12.0. The zero-order valence-corrected chi connectivity index (χ0v) is 12.2. The number of amides is 1. The average molecular weight is 290 g/mol. The third kappa shape index (κ3) is 5.15. The second kappa shape index (κ2) is 8.59. The standard InChI is InChI=1S/C15H18N2O4/c1-3-17(10-15(19)20-4-2)14(18)11-21-13-8-6-5-7-12(13)9-16/h5-8H,3-4,10-11H2,1-2H3. The predicted molar refractivity (Wildman–Crippen MR) is 75.5 cm³/mol. The van der Waals surface area contributed by atoms with Gasteiger partial charge in [-0.3, -0.25) is 9.59 Å². The first kappa shape index (κ1) is 16.5. The van der Waals surface area contributed by atoms with Gasteiger partial charge in [0, 0.05) is 6.54 Å². The highest BCUT2D eigenvalue weighted by Crippen LogP contribution is 2.16. The highest BCUT2D eigenvalue weighted by atomic mass is 16.5. The third-order valence-corrected chi connectivity index (χ3v) is 2.72. The van der Waals surface area contributed by atoms with E-state index in [0.717, 1.165) is 0 Å². The molecule has 6 nitrogen and oxygen atoms in total. The molecule has 0 aliphatic heterocycles. The van der Waals surface area contributed by atoms with Crippen LogP contribution in [0, 0.1) is 11.3 Å². The lowest BCUT2D eigenvalue weighted by Gasteiger charge is -2.20. The molecule has 0 fully saturated rings. The Balaban J connectivity index is 2.59. The molecule has 1 aromatic rings. The SMILES string of the molecule is CCOC(=O)CN(CC)C(=O)COc1ccccc1C#N. The number of nitriles is 1. The van der Waals surface area contributed by atoms with Crippen LogP contribution in [0.4, 0.5) is 0 Å². The van der Waals surface area contributed by atoms with Crippen LogP contribution in [-0.4, -0.2) is 43.1 Å². The Morgan fingerprint density at radius 3 is 2.62 bits per heavy atom. The number of nitrogens with zero attached hydrogens (tertiary/aromatic N) is 2. The minimum absolute atomic E-state index is 0.105. The van der Waals surface area contributed by atoms with Gasteiger partial charge in [0.05, 0.1) is 12.2 Å². The van der Waals surface area contributed by atoms with Crippen LogP contribution >= 0.6 is 0 Å². The molecule has 0 aliphatic rings. The number of carbonyl (C=O) groups excluding carboxylic acids is 2. The van der Waals surface area contributed by atoms with Gasteiger partial charge in [0.15, 0.2) is 6.61 Å². The molecular weight excluding hydrogens is 272 g/mol. The van der Waals surface area contributed by atoms with Gasteiger partial charge in [-0.05, 0) is 26.0 Å². The van der Waals surface area contributed by atoms with E-state index in [-0.39, 0.29) is 25.7 Å². The van der Waals surface area contributed by atoms with E-state index in [1.165, 1.54) is 4.90 Å². The first-order valence-electron chi connectivity index (χ1n) is 6.67. The number of carbonyl (C=O) groups is 2. The van der Waals surface area contributed by atoms with Gasteiger partial charge in [-0.2, -0.15) is 5.26 Å². The zero-order valence-electron chi connectivity index (χ0n) is 12.2. The summed E-state index contributed by atoms with van der Waals surface area (Å²) in [6.07, 6.45) is 0. The summed E-state index contributed by atoms with van der Waals surface area (Å²) in [6.45, 7) is 3.79. The molecule has 112 valence electrons. The Bertz CT molecular complexity index is 537. The topological polar surface area (TPSA) is 79.6 Å². The van der Waals surface area contributed by atoms with Crippen molar-refractivity contribution < 1.29 is 19.1 Å². The van der Waals surface area contributed by atoms with Crippen molar-refractivity contribution in [3.63, 3.8) is 0 Å². The first-order valence-corrected chi connectivity index (χ1v) is 6.67. The molecule has 0 N–H and O–H groups in total. The summed E-state index contributed by atoms with van der Waals surface area (Å²) in [5.41, 5.74) is 0.360. The molecule has 0 saturated carbocycles. The van der Waals surface area contributed by atoms with Gasteiger partial charge in [0.2, 0.25) is 0 Å². The van der Waals surface area contributed by atoms with Crippen molar-refractivity contribution in [3.8, 4) is 11.8 Å². The van der Waals surface area contributed by atoms with Crippen molar-refractivity contribution in [2.75, 3.05) is 26.3 Å². The number of para-hydroxylation sites is 1. The van der Waals surface area contributed by atoms with Gasteiger partial charge in [-0.15, -0.1) is 0 Å². The van der Waals surface area contributed by atoms with E-state index in [1.54, 1.807) is 38.1 Å². The molecule has 1 amide bonds. The largest absolute Gasteiger partial charge is 0.482 e. The first-order chi connectivity index (χ1) is 10.1. The van der Waals surface area contributed by atoms with Crippen LogP contribution in [0.15, 0.2) is 24.3 Å². The molecule has 0 heterocycles. The molecule has 0 saturated heterocycles. The zero-order chi connectivity index (χ0) is 15.7. The molecule has 1 rings (SSSR count). The van der Waals surface area contributed by atoms with Crippen molar-refractivity contribution in [2.45, 2.75) is 13.8 Å². The van der Waals surface area contributed by atoms with E-state index in [2.05, 4.69) is 0 Å². The van der Waals surface area contributed by atoms with Gasteiger partial charge >= 0.3 is 5.97 Å². The molecule has 0 aromatic heterocycles. The Morgan fingerprint density at radius 2 is 2.00 bits per heavy atom. The molecule has 6 heteroatoms. The number of hydrogen-bond acceptors (Lipinski definition) is 5. The van der Waals surface area contributed by atoms with Gasteiger partial charge < -0.3 is 14.4 Å². The van der Waals surface area contributed by atoms with Crippen LogP contribution in [0.3, 0.4) is 0 Å². The van der Waals surface area contributed by atoms with Crippen molar-refractivity contribution in [2.24, 2.45) is 0 Å². The van der Waals surface area contributed by atoms with Gasteiger partial charge in [-0.1, -0.05) is 12.1 Å². The molecule has 1 aromatic carbocycles. The summed E-state index contributed by atoms with van der Waals surface area (Å²) in [4.78, 5) is 24.7. The Labute approximate surface area is 123 Å². The lowest BCUT2D eigenvalue weighted by atomic mass is 10.2. The lowest BCUT2D eigenvalue weighted by molar-refractivity contribution is -0.149. The Morgan fingerprint density at radius 1 is 1.29 bits per heavy atom. The van der Waals surface area contributed by atoms with Gasteiger partial charge in [0.1, 0.15) is 18.4 Å². The highest BCUT2D eigenvalue weighted by Gasteiger charge is 2.17. The smallest absolute Gasteiger partial charge is 0.325 e. The van der Waals surface area contributed by atoms with E-state index in [9.17, 15) is 9.59 Å². The number of ether oxygens (including phenoxy) is 2. The summed E-state index contributed by atoms with van der Waals surface area (Å²) < 4.78 is 10.2. The normalized spacial score (nSPS) is 9.57. The summed E-state index contributed by atoms with van der Waals surface area (Å²) >= 11 is 0. The molecule has 0 spiro atoms. The predicted octanol–water partition coefficient (Wildman–Crippen LogP) is 1.35. The van der Waals surface area contributed by atoms with Crippen molar-refractivity contribution in [1.82, 2.24) is 4.90 Å². The lowest BCUT2D eigenvalue weighted by Crippen LogP contribution is -2.39. The van der Waals surface area contributed by atoms with Crippen molar-refractivity contribution >= 4 is 11.9 Å². The summed E-state index contributed by atoms with van der Waals surface area (Å²) in [5.74, 6) is -0.441. The van der Waals surface area contributed by atoms with E-state index in [1.807, 2.05) is 6.07 Å². The molecule has 0 unspecified atom stereocenters. The minimum Gasteiger partial charge on any atom is -0.482 e. The van der Waals surface area contributed by atoms with Crippen LogP contribution in [0.1, 0.15) is 19.4 Å². The quantitative estimate of drug-likeness (QED) is 0.708. The Hall–Kier alpha value is -2.55. The minimum atomic E-state index is -0.454. The molecule has 0 aliphatic carbocycles. The van der Waals surface area contributed by atoms with Crippen LogP contribution in [0.25, 0.3) is 0 Å². The van der Waals surface area contributed by atoms with E-state index >= 15 is 0 Å². The number of likely N-dealkylation sites (N-methyl/N-ethyl adjacent to an activating group) is 1. The van der Waals surface area contributed by atoms with E-state index in [4.69, 9.17) is 14.7 Å². The van der Waals surface area contributed by atoms with Crippen LogP contribution in [0.2, 0.25) is 0 Å². The fourth-order valence-corrected chi connectivity index (χ4v) is 1.65. The number of esters is 1. The monoisotopic (exact) mass is 290 g/mol. The molecule has 21 heavy (non-hydrogen) atoms. The number of rotatable bonds is 7. The van der Waals surface area contributed by atoms with Crippen molar-refractivity contribution in [1.29, 1.82) is 5.26 Å². The summed E-state index contributed by atoms with van der Waals surface area (Å²) in [6, 6.07) is 8.65. The average Bonchev–Trinajstić information content (AvgIpc) is 2.50. The van der Waals surface area contributed by atoms with Crippen LogP contribution < -0.4 is 4.74 Å². The maximum Gasteiger partial charge on any atom is 0.325 e. The van der Waals surface area contributed by atoms with Crippen LogP contribution in [-0.2, 0) is 14.3 Å². The molecule has 0 bridgehead atoms. The van der Waals surface area contributed by atoms with Gasteiger partial charge in [0.25, 0.3) is 5.91 Å². The summed E-state index contributed by atoms with van der Waals surface area (Å²) in [7, 11) is 0. The van der Waals surface area contributed by atoms with Gasteiger partial charge in [-0.25, -0.2) is 0 Å². The fraction of sp³-hybridized carbons (Fsp3) is 0.400. The second-order valence-electron chi connectivity index (χ2n) is 4.11. The molecule has 0 atom stereocenters.